The summed E-state index contributed by atoms with van der Waals surface area (Å²) in [6.45, 7) is 3.06. The number of para-hydroxylation sites is 1. The Morgan fingerprint density at radius 2 is 1.77 bits per heavy atom. The zero-order valence-electron chi connectivity index (χ0n) is 17.1. The molecule has 0 bridgehead atoms. The summed E-state index contributed by atoms with van der Waals surface area (Å²) in [4.78, 5) is 34.2. The molecule has 2 heterocycles. The number of hydrogen-bond donors (Lipinski definition) is 1. The lowest BCUT2D eigenvalue weighted by Gasteiger charge is -2.32. The Labute approximate surface area is 175 Å². The minimum atomic E-state index is -0.358. The summed E-state index contributed by atoms with van der Waals surface area (Å²) < 4.78 is 5.38. The Hall–Kier alpha value is -3.45. The van der Waals surface area contributed by atoms with Crippen LogP contribution >= 0.6 is 0 Å². The van der Waals surface area contributed by atoms with Gasteiger partial charge in [0, 0.05) is 37.1 Å². The summed E-state index contributed by atoms with van der Waals surface area (Å²) in [5.41, 5.74) is 2.00. The second kappa shape index (κ2) is 8.51. The predicted octanol–water partition coefficient (Wildman–Crippen LogP) is 2.88. The van der Waals surface area contributed by atoms with Crippen molar-refractivity contribution in [3.05, 3.63) is 65.9 Å². The first kappa shape index (κ1) is 19.8. The maximum absolute atomic E-state index is 12.9. The number of carbonyl (C=O) groups is 2. The van der Waals surface area contributed by atoms with Crippen molar-refractivity contribution in [3.63, 3.8) is 0 Å². The quantitative estimate of drug-likeness (QED) is 0.724. The molecule has 0 aliphatic carbocycles. The number of hydrogen-bond acceptors (Lipinski definition) is 5. The lowest BCUT2D eigenvalue weighted by atomic mass is 10.1. The van der Waals surface area contributed by atoms with Crippen LogP contribution in [0.5, 0.6) is 5.75 Å². The van der Waals surface area contributed by atoms with Crippen LogP contribution in [0.3, 0.4) is 0 Å². The number of carbonyl (C=O) groups excluding carboxylic acids is 2. The van der Waals surface area contributed by atoms with Gasteiger partial charge in [-0.1, -0.05) is 24.3 Å². The molecule has 1 fully saturated rings. The number of amides is 2. The van der Waals surface area contributed by atoms with Gasteiger partial charge in [0.2, 0.25) is 0 Å². The smallest absolute Gasteiger partial charge is 0.274 e. The fourth-order valence-electron chi connectivity index (χ4n) is 3.51. The van der Waals surface area contributed by atoms with E-state index < -0.39 is 0 Å². The molecule has 7 nitrogen and oxygen atoms in total. The molecule has 2 amide bonds. The monoisotopic (exact) mass is 404 g/mol. The highest BCUT2D eigenvalue weighted by atomic mass is 16.5. The molecular weight excluding hydrogens is 380 g/mol. The number of ether oxygens (including phenoxy) is 1. The third-order valence-electron chi connectivity index (χ3n) is 5.32. The third-order valence-corrected chi connectivity index (χ3v) is 5.32. The molecule has 2 aromatic carbocycles. The van der Waals surface area contributed by atoms with Gasteiger partial charge in [0.25, 0.3) is 11.8 Å². The average Bonchev–Trinajstić information content (AvgIpc) is 2.78. The number of piperazine rings is 1. The van der Waals surface area contributed by atoms with Crippen LogP contribution in [-0.4, -0.2) is 66.9 Å². The molecular formula is C23H24N4O3. The van der Waals surface area contributed by atoms with Gasteiger partial charge < -0.3 is 19.9 Å². The van der Waals surface area contributed by atoms with Crippen molar-refractivity contribution in [1.82, 2.24) is 14.8 Å². The van der Waals surface area contributed by atoms with Crippen molar-refractivity contribution in [2.75, 3.05) is 45.7 Å². The second-order valence-corrected chi connectivity index (χ2v) is 7.35. The Kier molecular flexibility index (Phi) is 5.63. The number of nitrogens with zero attached hydrogens (tertiary/aromatic N) is 3. The molecule has 0 atom stereocenters. The summed E-state index contributed by atoms with van der Waals surface area (Å²) in [6.07, 6.45) is 0. The zero-order chi connectivity index (χ0) is 21.1. The van der Waals surface area contributed by atoms with E-state index in [1.807, 2.05) is 42.3 Å². The molecule has 7 heteroatoms. The van der Waals surface area contributed by atoms with Gasteiger partial charge >= 0.3 is 0 Å². The van der Waals surface area contributed by atoms with E-state index >= 15 is 0 Å². The van der Waals surface area contributed by atoms with Crippen LogP contribution in [0.25, 0.3) is 10.9 Å². The molecule has 0 radical (unpaired) electrons. The van der Waals surface area contributed by atoms with Crippen LogP contribution in [0.4, 0.5) is 5.69 Å². The highest BCUT2D eigenvalue weighted by molar-refractivity contribution is 6.06. The highest BCUT2D eigenvalue weighted by Gasteiger charge is 2.22. The van der Waals surface area contributed by atoms with Gasteiger partial charge in [-0.3, -0.25) is 9.59 Å². The molecule has 0 unspecified atom stereocenters. The number of aromatic nitrogens is 1. The molecule has 30 heavy (non-hydrogen) atoms. The summed E-state index contributed by atoms with van der Waals surface area (Å²) in [7, 11) is 3.57. The molecule has 1 saturated heterocycles. The standard InChI is InChI=1S/C23H24N4O3/c1-26-11-13-27(14-12-26)23(29)17-8-10-21(30-2)20(15-17)25-22(28)19-9-7-16-5-3-4-6-18(16)24-19/h3-10,15H,11-14H2,1-2H3,(H,25,28). The average molecular weight is 404 g/mol. The van der Waals surface area contributed by atoms with Crippen molar-refractivity contribution in [3.8, 4) is 5.75 Å². The van der Waals surface area contributed by atoms with Crippen molar-refractivity contribution in [2.24, 2.45) is 0 Å². The molecule has 1 aliphatic rings. The predicted molar refractivity (Wildman–Crippen MR) is 116 cm³/mol. The molecule has 4 rings (SSSR count). The summed E-state index contributed by atoms with van der Waals surface area (Å²) in [6, 6.07) is 16.3. The van der Waals surface area contributed by atoms with Crippen LogP contribution in [0.15, 0.2) is 54.6 Å². The van der Waals surface area contributed by atoms with E-state index in [-0.39, 0.29) is 11.8 Å². The van der Waals surface area contributed by atoms with Gasteiger partial charge in [0.05, 0.1) is 18.3 Å². The number of fused-ring (bicyclic) bond motifs is 1. The first-order valence-corrected chi connectivity index (χ1v) is 9.88. The molecule has 0 spiro atoms. The Balaban J connectivity index is 1.57. The SMILES string of the molecule is COc1ccc(C(=O)N2CCN(C)CC2)cc1NC(=O)c1ccc2ccccc2n1. The molecule has 1 aliphatic heterocycles. The van der Waals surface area contributed by atoms with Gasteiger partial charge in [-0.25, -0.2) is 4.98 Å². The van der Waals surface area contributed by atoms with E-state index in [2.05, 4.69) is 15.2 Å². The van der Waals surface area contributed by atoms with Gasteiger partial charge in [-0.15, -0.1) is 0 Å². The van der Waals surface area contributed by atoms with Crippen molar-refractivity contribution >= 4 is 28.4 Å². The Bertz CT molecular complexity index is 1090. The Morgan fingerprint density at radius 3 is 2.53 bits per heavy atom. The number of likely N-dealkylation sites (N-methyl/N-ethyl adjacent to an activating group) is 1. The summed E-state index contributed by atoms with van der Waals surface area (Å²) >= 11 is 0. The lowest BCUT2D eigenvalue weighted by molar-refractivity contribution is 0.0664. The van der Waals surface area contributed by atoms with E-state index in [0.717, 1.165) is 24.0 Å². The van der Waals surface area contributed by atoms with Gasteiger partial charge in [-0.05, 0) is 37.4 Å². The number of pyridine rings is 1. The van der Waals surface area contributed by atoms with Gasteiger partial charge in [-0.2, -0.15) is 0 Å². The number of anilines is 1. The van der Waals surface area contributed by atoms with E-state index in [9.17, 15) is 9.59 Å². The van der Waals surface area contributed by atoms with Gasteiger partial charge in [0.1, 0.15) is 11.4 Å². The molecule has 0 saturated carbocycles. The third kappa shape index (κ3) is 4.11. The Morgan fingerprint density at radius 1 is 1.00 bits per heavy atom. The first-order chi connectivity index (χ1) is 14.5. The highest BCUT2D eigenvalue weighted by Crippen LogP contribution is 2.27. The molecule has 3 aromatic rings. The van der Waals surface area contributed by atoms with Crippen molar-refractivity contribution in [2.45, 2.75) is 0 Å². The number of nitrogens with one attached hydrogen (secondary N) is 1. The lowest BCUT2D eigenvalue weighted by Crippen LogP contribution is -2.47. The van der Waals surface area contributed by atoms with E-state index in [0.29, 0.717) is 35.8 Å². The topological polar surface area (TPSA) is 74.8 Å². The van der Waals surface area contributed by atoms with Crippen molar-refractivity contribution < 1.29 is 14.3 Å². The van der Waals surface area contributed by atoms with Crippen molar-refractivity contribution in [1.29, 1.82) is 0 Å². The largest absolute Gasteiger partial charge is 0.495 e. The number of methoxy groups -OCH3 is 1. The number of rotatable bonds is 4. The molecule has 1 N–H and O–H groups in total. The zero-order valence-corrected chi connectivity index (χ0v) is 17.1. The maximum atomic E-state index is 12.9. The fourth-order valence-corrected chi connectivity index (χ4v) is 3.51. The minimum Gasteiger partial charge on any atom is -0.495 e. The first-order valence-electron chi connectivity index (χ1n) is 9.88. The normalized spacial score (nSPS) is 14.5. The van der Waals surface area contributed by atoms with E-state index in [1.54, 1.807) is 24.3 Å². The summed E-state index contributed by atoms with van der Waals surface area (Å²) in [5.74, 6) is 0.0763. The molecule has 1 aromatic heterocycles. The van der Waals surface area contributed by atoms with Crippen LogP contribution in [0.2, 0.25) is 0 Å². The van der Waals surface area contributed by atoms with E-state index in [4.69, 9.17) is 4.74 Å². The maximum Gasteiger partial charge on any atom is 0.274 e. The van der Waals surface area contributed by atoms with Crippen LogP contribution < -0.4 is 10.1 Å². The van der Waals surface area contributed by atoms with E-state index in [1.165, 1.54) is 7.11 Å². The number of benzene rings is 2. The second-order valence-electron chi connectivity index (χ2n) is 7.35. The minimum absolute atomic E-state index is 0.0508. The van der Waals surface area contributed by atoms with Crippen LogP contribution in [0.1, 0.15) is 20.8 Å². The van der Waals surface area contributed by atoms with Crippen LogP contribution in [-0.2, 0) is 0 Å². The van der Waals surface area contributed by atoms with Gasteiger partial charge in [0.15, 0.2) is 0 Å². The summed E-state index contributed by atoms with van der Waals surface area (Å²) in [5, 5.41) is 3.81. The molecule has 154 valence electrons. The van der Waals surface area contributed by atoms with Crippen LogP contribution in [0, 0.1) is 0 Å². The fraction of sp³-hybridized carbons (Fsp3) is 0.261.